The minimum atomic E-state index is -0.195. The highest BCUT2D eigenvalue weighted by atomic mass is 79.9. The first-order valence-electron chi connectivity index (χ1n) is 10.2. The molecule has 3 aromatic rings. The molecule has 0 spiro atoms. The number of rotatable bonds is 6. The summed E-state index contributed by atoms with van der Waals surface area (Å²) in [6, 6.07) is 19.0. The Morgan fingerprint density at radius 1 is 1.03 bits per heavy atom. The minimum absolute atomic E-state index is 0.195. The number of carbonyl (C=O) groups excluding carboxylic acids is 1. The Morgan fingerprint density at radius 3 is 2.52 bits per heavy atom. The van der Waals surface area contributed by atoms with Gasteiger partial charge in [-0.05, 0) is 77.9 Å². The van der Waals surface area contributed by atoms with Crippen LogP contribution in [0.4, 0.5) is 5.69 Å². The number of benzene rings is 3. The summed E-state index contributed by atoms with van der Waals surface area (Å²) < 4.78 is 6.90. The fourth-order valence-corrected chi connectivity index (χ4v) is 4.63. The average molecular weight is 562 g/mol. The third-order valence-corrected chi connectivity index (χ3v) is 7.01. The first-order valence-corrected chi connectivity index (χ1v) is 12.5. The van der Waals surface area contributed by atoms with Crippen molar-refractivity contribution in [3.05, 3.63) is 96.8 Å². The molecule has 1 N–H and O–H groups in total. The van der Waals surface area contributed by atoms with Crippen molar-refractivity contribution in [1.82, 2.24) is 5.32 Å². The summed E-state index contributed by atoms with van der Waals surface area (Å²) in [5.74, 6) is 0.449. The Balaban J connectivity index is 1.53. The molecule has 1 aliphatic rings. The quantitative estimate of drug-likeness (QED) is 0.312. The van der Waals surface area contributed by atoms with Crippen molar-refractivity contribution in [3.63, 3.8) is 0 Å². The number of hydrogen-bond donors (Lipinski definition) is 1. The summed E-state index contributed by atoms with van der Waals surface area (Å²) in [6.45, 7) is 2.42. The van der Waals surface area contributed by atoms with Crippen molar-refractivity contribution in [2.45, 2.75) is 20.0 Å². The molecule has 168 valence electrons. The number of aliphatic imine (C=N–C) groups is 1. The predicted molar refractivity (Wildman–Crippen MR) is 142 cm³/mol. The van der Waals surface area contributed by atoms with Gasteiger partial charge in [-0.1, -0.05) is 64.3 Å². The maximum Gasteiger partial charge on any atom is 0.264 e. The van der Waals surface area contributed by atoms with Gasteiger partial charge in [-0.25, -0.2) is 4.99 Å². The van der Waals surface area contributed by atoms with Gasteiger partial charge in [0.05, 0.1) is 20.6 Å². The van der Waals surface area contributed by atoms with E-state index in [0.29, 0.717) is 32.5 Å². The zero-order valence-corrected chi connectivity index (χ0v) is 21.5. The van der Waals surface area contributed by atoms with E-state index < -0.39 is 0 Å². The molecule has 1 heterocycles. The molecule has 33 heavy (non-hydrogen) atoms. The summed E-state index contributed by atoms with van der Waals surface area (Å²) in [5, 5.41) is 4.35. The van der Waals surface area contributed by atoms with Crippen LogP contribution in [0.15, 0.2) is 75.0 Å². The van der Waals surface area contributed by atoms with Crippen LogP contribution in [0.3, 0.4) is 0 Å². The van der Waals surface area contributed by atoms with Crippen LogP contribution in [0.2, 0.25) is 10.0 Å². The Hall–Kier alpha value is -2.25. The van der Waals surface area contributed by atoms with Gasteiger partial charge in [0.15, 0.2) is 5.17 Å². The normalized spacial score (nSPS) is 15.8. The average Bonchev–Trinajstić information content (AvgIpc) is 3.14. The van der Waals surface area contributed by atoms with Crippen LogP contribution in [0.25, 0.3) is 6.08 Å². The number of aryl methyl sites for hydroxylation is 1. The largest absolute Gasteiger partial charge is 0.488 e. The van der Waals surface area contributed by atoms with Crippen molar-refractivity contribution < 1.29 is 9.53 Å². The standard InChI is InChI=1S/C25H19BrCl2N2O2S/c1-2-15-3-7-19(8-4-15)29-25-30-24(31)23(33-25)13-17-12-18(26)6-10-22(17)32-14-16-5-9-20(27)21(28)11-16/h3-13H,2,14H2,1H3,(H,29,30,31)/b23-13-. The molecule has 0 aromatic heterocycles. The lowest BCUT2D eigenvalue weighted by Crippen LogP contribution is -2.19. The number of carbonyl (C=O) groups is 1. The molecule has 4 nitrogen and oxygen atoms in total. The third kappa shape index (κ3) is 6.21. The molecule has 0 unspecified atom stereocenters. The number of amides is 1. The van der Waals surface area contributed by atoms with E-state index >= 15 is 0 Å². The molecule has 1 fully saturated rings. The highest BCUT2D eigenvalue weighted by Gasteiger charge is 2.24. The van der Waals surface area contributed by atoms with Crippen LogP contribution in [0, 0.1) is 0 Å². The fourth-order valence-electron chi connectivity index (χ4n) is 3.10. The van der Waals surface area contributed by atoms with Gasteiger partial charge < -0.3 is 10.1 Å². The molecule has 3 aromatic carbocycles. The Morgan fingerprint density at radius 2 is 1.79 bits per heavy atom. The van der Waals surface area contributed by atoms with Gasteiger partial charge in [0.25, 0.3) is 5.91 Å². The SMILES string of the molecule is CCc1ccc(N=C2NC(=O)/C(=C/c3cc(Br)ccc3OCc3ccc(Cl)c(Cl)c3)S2)cc1. The second-order valence-corrected chi connectivity index (χ2v) is 9.98. The van der Waals surface area contributed by atoms with Gasteiger partial charge in [-0.15, -0.1) is 0 Å². The van der Waals surface area contributed by atoms with E-state index in [1.165, 1.54) is 17.3 Å². The molecular weight excluding hydrogens is 543 g/mol. The van der Waals surface area contributed by atoms with E-state index in [0.717, 1.165) is 27.7 Å². The maximum atomic E-state index is 12.6. The summed E-state index contributed by atoms with van der Waals surface area (Å²) in [4.78, 5) is 17.7. The number of amidine groups is 1. The Kier molecular flexibility index (Phi) is 7.81. The van der Waals surface area contributed by atoms with Crippen LogP contribution in [-0.4, -0.2) is 11.1 Å². The second kappa shape index (κ2) is 10.8. The van der Waals surface area contributed by atoms with E-state index in [9.17, 15) is 4.79 Å². The predicted octanol–water partition coefficient (Wildman–Crippen LogP) is 7.79. The molecule has 0 radical (unpaired) electrons. The van der Waals surface area contributed by atoms with Crippen molar-refractivity contribution in [1.29, 1.82) is 0 Å². The number of halogens is 3. The van der Waals surface area contributed by atoms with E-state index in [4.69, 9.17) is 27.9 Å². The molecule has 8 heteroatoms. The van der Waals surface area contributed by atoms with E-state index in [1.807, 2.05) is 48.5 Å². The summed E-state index contributed by atoms with van der Waals surface area (Å²) in [6.07, 6.45) is 2.77. The highest BCUT2D eigenvalue weighted by molar-refractivity contribution is 9.10. The monoisotopic (exact) mass is 560 g/mol. The van der Waals surface area contributed by atoms with Gasteiger partial charge in [0, 0.05) is 10.0 Å². The van der Waals surface area contributed by atoms with Gasteiger partial charge >= 0.3 is 0 Å². The molecule has 1 aliphatic heterocycles. The number of nitrogens with zero attached hydrogens (tertiary/aromatic N) is 1. The van der Waals surface area contributed by atoms with Crippen LogP contribution < -0.4 is 10.1 Å². The molecule has 1 amide bonds. The Labute approximate surface area is 215 Å². The van der Waals surface area contributed by atoms with E-state index in [1.54, 1.807) is 18.2 Å². The molecule has 1 saturated heterocycles. The molecular formula is C25H19BrCl2N2O2S. The minimum Gasteiger partial charge on any atom is -0.488 e. The summed E-state index contributed by atoms with van der Waals surface area (Å²) in [7, 11) is 0. The van der Waals surface area contributed by atoms with Crippen LogP contribution >= 0.6 is 50.9 Å². The Bertz CT molecular complexity index is 1260. The fraction of sp³-hybridized carbons (Fsp3) is 0.120. The van der Waals surface area contributed by atoms with Crippen molar-refractivity contribution in [3.8, 4) is 5.75 Å². The van der Waals surface area contributed by atoms with Crippen molar-refractivity contribution >= 4 is 73.7 Å². The third-order valence-electron chi connectivity index (χ3n) is 4.86. The lowest BCUT2D eigenvalue weighted by atomic mass is 10.1. The van der Waals surface area contributed by atoms with E-state index in [-0.39, 0.29) is 5.91 Å². The van der Waals surface area contributed by atoms with Crippen molar-refractivity contribution in [2.75, 3.05) is 0 Å². The van der Waals surface area contributed by atoms with Gasteiger partial charge in [0.1, 0.15) is 12.4 Å². The van der Waals surface area contributed by atoms with Crippen molar-refractivity contribution in [2.24, 2.45) is 4.99 Å². The van der Waals surface area contributed by atoms with Gasteiger partial charge in [0.2, 0.25) is 0 Å². The van der Waals surface area contributed by atoms with Crippen LogP contribution in [0.1, 0.15) is 23.6 Å². The number of hydrogen-bond acceptors (Lipinski definition) is 4. The summed E-state index contributed by atoms with van der Waals surface area (Å²) in [5.41, 5.74) is 3.70. The number of ether oxygens (including phenoxy) is 1. The summed E-state index contributed by atoms with van der Waals surface area (Å²) >= 11 is 16.9. The molecule has 0 saturated carbocycles. The topological polar surface area (TPSA) is 50.7 Å². The zero-order chi connectivity index (χ0) is 23.4. The van der Waals surface area contributed by atoms with Crippen LogP contribution in [0.5, 0.6) is 5.75 Å². The molecule has 0 aliphatic carbocycles. The van der Waals surface area contributed by atoms with E-state index in [2.05, 4.69) is 33.2 Å². The smallest absolute Gasteiger partial charge is 0.264 e. The molecule has 0 atom stereocenters. The lowest BCUT2D eigenvalue weighted by Gasteiger charge is -2.11. The molecule has 0 bridgehead atoms. The van der Waals surface area contributed by atoms with Gasteiger partial charge in [-0.2, -0.15) is 0 Å². The van der Waals surface area contributed by atoms with Crippen LogP contribution in [-0.2, 0) is 17.8 Å². The number of nitrogens with one attached hydrogen (secondary N) is 1. The van der Waals surface area contributed by atoms with Gasteiger partial charge in [-0.3, -0.25) is 4.79 Å². The number of thioether (sulfide) groups is 1. The maximum absolute atomic E-state index is 12.6. The highest BCUT2D eigenvalue weighted by Crippen LogP contribution is 2.33. The first-order chi connectivity index (χ1) is 15.9. The second-order valence-electron chi connectivity index (χ2n) is 7.22. The zero-order valence-electron chi connectivity index (χ0n) is 17.6. The molecule has 4 rings (SSSR count). The first kappa shape index (κ1) is 23.9. The lowest BCUT2D eigenvalue weighted by molar-refractivity contribution is -0.115.